The van der Waals surface area contributed by atoms with E-state index in [9.17, 15) is 9.59 Å². The maximum absolute atomic E-state index is 10.8. The van der Waals surface area contributed by atoms with Gasteiger partial charge in [0.05, 0.1) is 0 Å². The molecule has 82 valence electrons. The van der Waals surface area contributed by atoms with Crippen LogP contribution in [0.25, 0.3) is 0 Å². The van der Waals surface area contributed by atoms with E-state index in [1.165, 1.54) is 4.90 Å². The molecule has 0 atom stereocenters. The number of hydrogen-bond donors (Lipinski definition) is 3. The predicted octanol–water partition coefficient (Wildman–Crippen LogP) is 1.03. The third-order valence-corrected chi connectivity index (χ3v) is 1.65. The zero-order valence-electron chi connectivity index (χ0n) is 8.57. The minimum absolute atomic E-state index is 0.0961. The Bertz CT molecular complexity index is 222. The van der Waals surface area contributed by atoms with Gasteiger partial charge < -0.3 is 20.4 Å². The smallest absolute Gasteiger partial charge is 0.407 e. The van der Waals surface area contributed by atoms with Crippen molar-refractivity contribution in [1.82, 2.24) is 10.2 Å². The van der Waals surface area contributed by atoms with Crippen molar-refractivity contribution in [3.05, 3.63) is 0 Å². The van der Waals surface area contributed by atoms with E-state index in [-0.39, 0.29) is 13.1 Å². The molecule has 0 aliphatic rings. The molecule has 0 saturated carbocycles. The number of carbonyl (C=O) groups is 2. The van der Waals surface area contributed by atoms with Crippen LogP contribution in [-0.4, -0.2) is 45.9 Å². The van der Waals surface area contributed by atoms with Crippen LogP contribution in [0, 0.1) is 0 Å². The van der Waals surface area contributed by atoms with Gasteiger partial charge in [-0.15, -0.1) is 0 Å². The maximum atomic E-state index is 10.8. The largest absolute Gasteiger partial charge is 0.465 e. The van der Waals surface area contributed by atoms with Gasteiger partial charge in [0.1, 0.15) is 0 Å². The van der Waals surface area contributed by atoms with Gasteiger partial charge in [-0.05, 0) is 20.8 Å². The van der Waals surface area contributed by atoms with Crippen LogP contribution in [-0.2, 0) is 0 Å². The van der Waals surface area contributed by atoms with E-state index < -0.39 is 17.7 Å². The molecule has 0 unspecified atom stereocenters. The summed E-state index contributed by atoms with van der Waals surface area (Å²) in [5.41, 5.74) is -0.522. The molecule has 14 heavy (non-hydrogen) atoms. The van der Waals surface area contributed by atoms with Crippen molar-refractivity contribution in [3.8, 4) is 0 Å². The van der Waals surface area contributed by atoms with Gasteiger partial charge in [-0.2, -0.15) is 0 Å². The number of amides is 2. The lowest BCUT2D eigenvalue weighted by molar-refractivity contribution is 0.100. The average molecular weight is 204 g/mol. The molecule has 0 radical (unpaired) electrons. The van der Waals surface area contributed by atoms with Crippen molar-refractivity contribution >= 4 is 12.2 Å². The van der Waals surface area contributed by atoms with Gasteiger partial charge in [-0.25, -0.2) is 9.59 Å². The number of carboxylic acid groups (broad SMARTS) is 2. The molecular weight excluding hydrogens is 188 g/mol. The monoisotopic (exact) mass is 204 g/mol. The summed E-state index contributed by atoms with van der Waals surface area (Å²) >= 11 is 0. The van der Waals surface area contributed by atoms with Gasteiger partial charge in [0.15, 0.2) is 0 Å². The third kappa shape index (κ3) is 4.54. The molecular formula is C8H16N2O4. The summed E-state index contributed by atoms with van der Waals surface area (Å²) in [5, 5.41) is 19.2. The van der Waals surface area contributed by atoms with Crippen LogP contribution in [0.3, 0.4) is 0 Å². The Kier molecular flexibility index (Phi) is 4.20. The molecule has 0 fully saturated rings. The molecule has 0 saturated heterocycles. The Morgan fingerprint density at radius 1 is 1.29 bits per heavy atom. The van der Waals surface area contributed by atoms with E-state index >= 15 is 0 Å². The summed E-state index contributed by atoms with van der Waals surface area (Å²) in [4.78, 5) is 22.1. The zero-order chi connectivity index (χ0) is 11.4. The molecule has 0 rings (SSSR count). The van der Waals surface area contributed by atoms with Crippen LogP contribution >= 0.6 is 0 Å². The summed E-state index contributed by atoms with van der Waals surface area (Å²) < 4.78 is 0. The Morgan fingerprint density at radius 2 is 1.79 bits per heavy atom. The molecule has 0 heterocycles. The fraction of sp³-hybridized carbons (Fsp3) is 0.750. The van der Waals surface area contributed by atoms with Gasteiger partial charge in [0.2, 0.25) is 0 Å². The summed E-state index contributed by atoms with van der Waals surface area (Å²) in [5.74, 6) is 0. The summed E-state index contributed by atoms with van der Waals surface area (Å²) in [6.45, 7) is 5.50. The van der Waals surface area contributed by atoms with E-state index in [4.69, 9.17) is 10.2 Å². The van der Waals surface area contributed by atoms with Crippen molar-refractivity contribution in [2.24, 2.45) is 0 Å². The van der Waals surface area contributed by atoms with Gasteiger partial charge >= 0.3 is 12.2 Å². The second-order valence-electron chi connectivity index (χ2n) is 3.84. The lowest BCUT2D eigenvalue weighted by Gasteiger charge is -2.32. The third-order valence-electron chi connectivity index (χ3n) is 1.65. The van der Waals surface area contributed by atoms with Crippen molar-refractivity contribution in [2.45, 2.75) is 26.3 Å². The van der Waals surface area contributed by atoms with Crippen molar-refractivity contribution in [3.63, 3.8) is 0 Å². The maximum Gasteiger partial charge on any atom is 0.407 e. The van der Waals surface area contributed by atoms with E-state index in [0.29, 0.717) is 0 Å². The molecule has 0 spiro atoms. The fourth-order valence-corrected chi connectivity index (χ4v) is 0.993. The van der Waals surface area contributed by atoms with Gasteiger partial charge in [0, 0.05) is 18.6 Å². The van der Waals surface area contributed by atoms with E-state index in [0.717, 1.165) is 0 Å². The number of hydrogen-bond acceptors (Lipinski definition) is 2. The van der Waals surface area contributed by atoms with Gasteiger partial charge in [-0.1, -0.05) is 0 Å². The summed E-state index contributed by atoms with van der Waals surface area (Å²) in [6.07, 6.45) is -2.20. The van der Waals surface area contributed by atoms with E-state index in [2.05, 4.69) is 5.32 Å². The van der Waals surface area contributed by atoms with Crippen LogP contribution in [0.2, 0.25) is 0 Å². The molecule has 0 aromatic rings. The average Bonchev–Trinajstić information content (AvgIpc) is 1.94. The number of nitrogens with zero attached hydrogens (tertiary/aromatic N) is 1. The van der Waals surface area contributed by atoms with Crippen LogP contribution in [0.1, 0.15) is 20.8 Å². The minimum Gasteiger partial charge on any atom is -0.465 e. The highest BCUT2D eigenvalue weighted by molar-refractivity contribution is 5.66. The molecule has 0 aromatic carbocycles. The fourth-order valence-electron chi connectivity index (χ4n) is 0.993. The molecule has 2 amide bonds. The zero-order valence-corrected chi connectivity index (χ0v) is 8.57. The summed E-state index contributed by atoms with van der Waals surface area (Å²) in [6, 6.07) is 0. The second-order valence-corrected chi connectivity index (χ2v) is 3.84. The van der Waals surface area contributed by atoms with E-state index in [1.807, 2.05) is 0 Å². The Balaban J connectivity index is 4.13. The highest BCUT2D eigenvalue weighted by Crippen LogP contribution is 2.12. The molecule has 0 aliphatic carbocycles. The van der Waals surface area contributed by atoms with Crippen LogP contribution in [0.4, 0.5) is 9.59 Å². The molecule has 6 nitrogen and oxygen atoms in total. The molecule has 0 aromatic heterocycles. The molecule has 0 aliphatic heterocycles. The first-order chi connectivity index (χ1) is 6.25. The lowest BCUT2D eigenvalue weighted by Crippen LogP contribution is -2.48. The predicted molar refractivity (Wildman–Crippen MR) is 50.5 cm³/mol. The first-order valence-electron chi connectivity index (χ1n) is 4.22. The van der Waals surface area contributed by atoms with Crippen LogP contribution in [0.5, 0.6) is 0 Å². The first kappa shape index (κ1) is 12.5. The van der Waals surface area contributed by atoms with Crippen LogP contribution < -0.4 is 5.32 Å². The highest BCUT2D eigenvalue weighted by Gasteiger charge is 2.25. The molecule has 0 bridgehead atoms. The minimum atomic E-state index is -1.15. The van der Waals surface area contributed by atoms with Gasteiger partial charge in [-0.3, -0.25) is 0 Å². The first-order valence-corrected chi connectivity index (χ1v) is 4.22. The van der Waals surface area contributed by atoms with Crippen molar-refractivity contribution in [1.29, 1.82) is 0 Å². The van der Waals surface area contributed by atoms with Gasteiger partial charge in [0.25, 0.3) is 0 Å². The lowest BCUT2D eigenvalue weighted by atomic mass is 10.1. The Morgan fingerprint density at radius 3 is 2.07 bits per heavy atom. The van der Waals surface area contributed by atoms with Crippen molar-refractivity contribution in [2.75, 3.05) is 13.1 Å². The van der Waals surface area contributed by atoms with Crippen LogP contribution in [0.15, 0.2) is 0 Å². The Labute approximate surface area is 82.5 Å². The highest BCUT2D eigenvalue weighted by atomic mass is 16.4. The van der Waals surface area contributed by atoms with E-state index in [1.54, 1.807) is 20.8 Å². The topological polar surface area (TPSA) is 89.9 Å². The molecule has 6 heteroatoms. The SMILES string of the molecule is CC(C)(C)N(CCNC(=O)O)C(=O)O. The Hall–Kier alpha value is -1.46. The van der Waals surface area contributed by atoms with Crippen molar-refractivity contribution < 1.29 is 19.8 Å². The quantitative estimate of drug-likeness (QED) is 0.640. The number of rotatable bonds is 3. The summed E-state index contributed by atoms with van der Waals surface area (Å²) in [7, 11) is 0. The standard InChI is InChI=1S/C8H16N2O4/c1-8(2,3)10(7(13)14)5-4-9-6(11)12/h9H,4-5H2,1-3H3,(H,11,12)(H,13,14). The molecule has 3 N–H and O–H groups in total. The normalized spacial score (nSPS) is 10.8. The number of nitrogens with one attached hydrogen (secondary N) is 1. The second kappa shape index (κ2) is 4.69.